The Labute approximate surface area is 103 Å². The zero-order valence-electron chi connectivity index (χ0n) is 10.3. The van der Waals surface area contributed by atoms with Crippen molar-refractivity contribution in [2.24, 2.45) is 0 Å². The molecule has 1 saturated carbocycles. The Morgan fingerprint density at radius 1 is 1.24 bits per heavy atom. The smallest absolute Gasteiger partial charge is 0.175 e. The summed E-state index contributed by atoms with van der Waals surface area (Å²) in [5.41, 5.74) is 1.26. The van der Waals surface area contributed by atoms with Crippen LogP contribution in [-0.2, 0) is 9.84 Å². The maximum absolute atomic E-state index is 11.3. The first-order chi connectivity index (χ1) is 8.00. The summed E-state index contributed by atoms with van der Waals surface area (Å²) >= 11 is 0. The molecule has 0 saturated heterocycles. The van der Waals surface area contributed by atoms with Crippen LogP contribution in [-0.4, -0.2) is 27.3 Å². The fourth-order valence-electron chi connectivity index (χ4n) is 2.33. The largest absolute Gasteiger partial charge is 0.314 e. The molecule has 3 nitrogen and oxygen atoms in total. The van der Waals surface area contributed by atoms with Gasteiger partial charge in [-0.2, -0.15) is 0 Å². The van der Waals surface area contributed by atoms with Crippen molar-refractivity contribution >= 4 is 9.84 Å². The Morgan fingerprint density at radius 2 is 1.82 bits per heavy atom. The van der Waals surface area contributed by atoms with E-state index in [4.69, 9.17) is 0 Å². The van der Waals surface area contributed by atoms with E-state index in [1.54, 1.807) is 12.1 Å². The van der Waals surface area contributed by atoms with Gasteiger partial charge in [0.1, 0.15) is 0 Å². The van der Waals surface area contributed by atoms with Crippen LogP contribution in [0.15, 0.2) is 29.2 Å². The highest BCUT2D eigenvalue weighted by Crippen LogP contribution is 2.36. The minimum absolute atomic E-state index is 0.406. The van der Waals surface area contributed by atoms with E-state index in [9.17, 15) is 8.42 Å². The Hall–Kier alpha value is -0.870. The Morgan fingerprint density at radius 3 is 2.29 bits per heavy atom. The minimum Gasteiger partial charge on any atom is -0.314 e. The topological polar surface area (TPSA) is 46.2 Å². The van der Waals surface area contributed by atoms with Gasteiger partial charge in [0.2, 0.25) is 0 Å². The van der Waals surface area contributed by atoms with E-state index in [1.807, 2.05) is 12.1 Å². The normalized spacial score (nSPS) is 24.4. The first kappa shape index (κ1) is 12.6. The van der Waals surface area contributed by atoms with Crippen molar-refractivity contribution in [3.8, 4) is 0 Å². The average Bonchev–Trinajstić information content (AvgIpc) is 2.22. The number of hydrogen-bond acceptors (Lipinski definition) is 3. The second-order valence-electron chi connectivity index (χ2n) is 4.76. The molecule has 1 aromatic rings. The van der Waals surface area contributed by atoms with Crippen molar-refractivity contribution in [3.63, 3.8) is 0 Å². The zero-order chi connectivity index (χ0) is 12.5. The molecule has 0 aromatic heterocycles. The molecule has 4 heteroatoms. The first-order valence-corrected chi connectivity index (χ1v) is 7.93. The summed E-state index contributed by atoms with van der Waals surface area (Å²) in [6.45, 7) is 3.14. The number of nitrogens with one attached hydrogen (secondary N) is 1. The molecule has 0 heterocycles. The molecule has 1 aliphatic carbocycles. The van der Waals surface area contributed by atoms with Crippen LogP contribution in [0.1, 0.15) is 31.2 Å². The fraction of sp³-hybridized carbons (Fsp3) is 0.538. The Balaban J connectivity index is 2.01. The third-order valence-corrected chi connectivity index (χ3v) is 4.54. The van der Waals surface area contributed by atoms with Gasteiger partial charge in [-0.15, -0.1) is 0 Å². The van der Waals surface area contributed by atoms with Crippen LogP contribution >= 0.6 is 0 Å². The van der Waals surface area contributed by atoms with Crippen LogP contribution in [0.2, 0.25) is 0 Å². The predicted molar refractivity (Wildman–Crippen MR) is 69.0 cm³/mol. The van der Waals surface area contributed by atoms with Gasteiger partial charge < -0.3 is 5.32 Å². The van der Waals surface area contributed by atoms with Crippen LogP contribution in [0.4, 0.5) is 0 Å². The van der Waals surface area contributed by atoms with Crippen molar-refractivity contribution < 1.29 is 8.42 Å². The summed E-state index contributed by atoms with van der Waals surface area (Å²) in [5.74, 6) is 0.590. The predicted octanol–water partition coefficient (Wildman–Crippen LogP) is 1.95. The van der Waals surface area contributed by atoms with Gasteiger partial charge >= 0.3 is 0 Å². The highest BCUT2D eigenvalue weighted by Gasteiger charge is 2.29. The second-order valence-corrected chi connectivity index (χ2v) is 6.78. The second kappa shape index (κ2) is 4.78. The van der Waals surface area contributed by atoms with Crippen molar-refractivity contribution in [3.05, 3.63) is 29.8 Å². The van der Waals surface area contributed by atoms with Gasteiger partial charge in [0.15, 0.2) is 9.84 Å². The molecule has 0 aliphatic heterocycles. The van der Waals surface area contributed by atoms with Gasteiger partial charge in [0.05, 0.1) is 4.90 Å². The molecular weight excluding hydrogens is 234 g/mol. The van der Waals surface area contributed by atoms with E-state index in [1.165, 1.54) is 11.8 Å². The molecule has 1 aliphatic rings. The molecule has 2 rings (SSSR count). The lowest BCUT2D eigenvalue weighted by molar-refractivity contribution is 0.296. The van der Waals surface area contributed by atoms with Gasteiger partial charge in [-0.1, -0.05) is 19.1 Å². The maximum atomic E-state index is 11.3. The van der Waals surface area contributed by atoms with Crippen LogP contribution in [0.3, 0.4) is 0 Å². The number of hydrogen-bond donors (Lipinski definition) is 1. The summed E-state index contributed by atoms with van der Waals surface area (Å²) in [5, 5.41) is 3.42. The molecule has 1 fully saturated rings. The van der Waals surface area contributed by atoms with E-state index in [2.05, 4.69) is 12.2 Å². The van der Waals surface area contributed by atoms with E-state index < -0.39 is 9.84 Å². The van der Waals surface area contributed by atoms with Crippen LogP contribution < -0.4 is 5.32 Å². The van der Waals surface area contributed by atoms with Crippen LogP contribution in [0.5, 0.6) is 0 Å². The molecule has 17 heavy (non-hydrogen) atoms. The number of benzene rings is 1. The Bertz CT molecular complexity index is 473. The van der Waals surface area contributed by atoms with Crippen molar-refractivity contribution in [1.29, 1.82) is 0 Å². The minimum atomic E-state index is -3.07. The van der Waals surface area contributed by atoms with Crippen molar-refractivity contribution in [2.75, 3.05) is 12.8 Å². The standard InChI is InChI=1S/C13H19NO2S/c1-3-14-12-8-11(9-12)10-4-6-13(7-5-10)17(2,15)16/h4-7,11-12,14H,3,8-9H2,1-2H3. The van der Waals surface area contributed by atoms with Crippen LogP contribution in [0, 0.1) is 0 Å². The molecular formula is C13H19NO2S. The average molecular weight is 253 g/mol. The summed E-state index contributed by atoms with van der Waals surface area (Å²) in [4.78, 5) is 0.406. The molecule has 94 valence electrons. The fourth-order valence-corrected chi connectivity index (χ4v) is 2.96. The first-order valence-electron chi connectivity index (χ1n) is 6.04. The molecule has 1 N–H and O–H groups in total. The van der Waals surface area contributed by atoms with Gasteiger partial charge in [0, 0.05) is 12.3 Å². The highest BCUT2D eigenvalue weighted by molar-refractivity contribution is 7.90. The van der Waals surface area contributed by atoms with Gasteiger partial charge in [-0.25, -0.2) is 8.42 Å². The third kappa shape index (κ3) is 2.87. The molecule has 0 amide bonds. The molecule has 0 bridgehead atoms. The van der Waals surface area contributed by atoms with E-state index in [0.29, 0.717) is 16.9 Å². The lowest BCUT2D eigenvalue weighted by atomic mass is 9.76. The molecule has 0 atom stereocenters. The van der Waals surface area contributed by atoms with Crippen molar-refractivity contribution in [1.82, 2.24) is 5.32 Å². The summed E-state index contributed by atoms with van der Waals surface area (Å²) in [6.07, 6.45) is 3.56. The van der Waals surface area contributed by atoms with Crippen LogP contribution in [0.25, 0.3) is 0 Å². The maximum Gasteiger partial charge on any atom is 0.175 e. The Kier molecular flexibility index (Phi) is 3.54. The van der Waals surface area contributed by atoms with Crippen molar-refractivity contribution in [2.45, 2.75) is 36.6 Å². The third-order valence-electron chi connectivity index (χ3n) is 3.41. The van der Waals surface area contributed by atoms with E-state index >= 15 is 0 Å². The van der Waals surface area contributed by atoms with E-state index in [-0.39, 0.29) is 0 Å². The molecule has 0 spiro atoms. The lowest BCUT2D eigenvalue weighted by Gasteiger charge is -2.36. The molecule has 0 radical (unpaired) electrons. The summed E-state index contributed by atoms with van der Waals surface area (Å²) in [6, 6.07) is 7.96. The molecule has 1 aromatic carbocycles. The summed E-state index contributed by atoms with van der Waals surface area (Å²) in [7, 11) is -3.07. The number of sulfone groups is 1. The van der Waals surface area contributed by atoms with E-state index in [0.717, 1.165) is 19.4 Å². The highest BCUT2D eigenvalue weighted by atomic mass is 32.2. The summed E-state index contributed by atoms with van der Waals surface area (Å²) < 4.78 is 22.6. The monoisotopic (exact) mass is 253 g/mol. The zero-order valence-corrected chi connectivity index (χ0v) is 11.1. The van der Waals surface area contributed by atoms with Gasteiger partial charge in [-0.3, -0.25) is 0 Å². The SMILES string of the molecule is CCNC1CC(c2ccc(S(C)(=O)=O)cc2)C1. The van der Waals surface area contributed by atoms with Gasteiger partial charge in [0.25, 0.3) is 0 Å². The molecule has 0 unspecified atom stereocenters. The lowest BCUT2D eigenvalue weighted by Crippen LogP contribution is -2.39. The number of rotatable bonds is 4. The quantitative estimate of drug-likeness (QED) is 0.892. The van der Waals surface area contributed by atoms with Gasteiger partial charge in [-0.05, 0) is 43.0 Å².